The summed E-state index contributed by atoms with van der Waals surface area (Å²) < 4.78 is 0. The molecule has 1 unspecified atom stereocenters. The van der Waals surface area contributed by atoms with E-state index >= 15 is 0 Å². The quantitative estimate of drug-likeness (QED) is 0.543. The van der Waals surface area contributed by atoms with Gasteiger partial charge in [-0.3, -0.25) is 9.59 Å². The molecule has 1 atom stereocenters. The molecule has 0 aliphatic heterocycles. The predicted molar refractivity (Wildman–Crippen MR) is 117 cm³/mol. The Labute approximate surface area is 172 Å². The molecule has 2 rings (SSSR count). The van der Waals surface area contributed by atoms with Gasteiger partial charge in [0.05, 0.1) is 0 Å². The Hall–Kier alpha value is -2.40. The molecule has 0 aliphatic carbocycles. The second kappa shape index (κ2) is 11.4. The normalized spacial score (nSPS) is 12.5. The van der Waals surface area contributed by atoms with Gasteiger partial charge in [-0.15, -0.1) is 11.3 Å². The molecule has 2 N–H and O–H groups in total. The molecule has 1 aromatic carbocycles. The Morgan fingerprint density at radius 3 is 2.64 bits per heavy atom. The fraction of sp³-hybridized carbons (Fsp3) is 0.391. The minimum Gasteiger partial charge on any atom is -0.350 e. The van der Waals surface area contributed by atoms with Gasteiger partial charge in [0, 0.05) is 17.0 Å². The van der Waals surface area contributed by atoms with Gasteiger partial charge in [0.15, 0.2) is 0 Å². The summed E-state index contributed by atoms with van der Waals surface area (Å²) >= 11 is 1.53. The van der Waals surface area contributed by atoms with E-state index in [1.807, 2.05) is 42.6 Å². The fourth-order valence-electron chi connectivity index (χ4n) is 2.93. The third kappa shape index (κ3) is 6.97. The van der Waals surface area contributed by atoms with Crippen molar-refractivity contribution in [2.24, 2.45) is 5.92 Å². The number of carbonyl (C=O) groups excluding carboxylic acids is 2. The van der Waals surface area contributed by atoms with Crippen molar-refractivity contribution < 1.29 is 9.59 Å². The van der Waals surface area contributed by atoms with E-state index in [0.717, 1.165) is 36.1 Å². The summed E-state index contributed by atoms with van der Waals surface area (Å²) in [6.45, 7) is 6.88. The number of rotatable bonds is 10. The predicted octanol–water partition coefficient (Wildman–Crippen LogP) is 5.16. The highest BCUT2D eigenvalue weighted by atomic mass is 32.1. The number of nitrogens with one attached hydrogen (secondary N) is 2. The Morgan fingerprint density at radius 2 is 2.00 bits per heavy atom. The lowest BCUT2D eigenvalue weighted by Gasteiger charge is -2.16. The Kier molecular flexibility index (Phi) is 8.95. The number of aryl methyl sites for hydroxylation is 1. The van der Waals surface area contributed by atoms with Gasteiger partial charge in [0.25, 0.3) is 11.8 Å². The molecule has 0 saturated heterocycles. The zero-order valence-electron chi connectivity index (χ0n) is 17.0. The van der Waals surface area contributed by atoms with Crippen LogP contribution in [0.2, 0.25) is 0 Å². The third-order valence-electron chi connectivity index (χ3n) is 4.70. The molecule has 0 fully saturated rings. The van der Waals surface area contributed by atoms with Gasteiger partial charge in [0.1, 0.15) is 5.70 Å². The van der Waals surface area contributed by atoms with Crippen molar-refractivity contribution in [2.75, 3.05) is 6.54 Å². The van der Waals surface area contributed by atoms with E-state index < -0.39 is 0 Å². The molecule has 150 valence electrons. The van der Waals surface area contributed by atoms with Crippen LogP contribution in [0.5, 0.6) is 0 Å². The molecular formula is C23H30N2O2S. The molecule has 0 aliphatic rings. The zero-order chi connectivity index (χ0) is 20.4. The highest BCUT2D eigenvalue weighted by molar-refractivity contribution is 7.10. The van der Waals surface area contributed by atoms with Crippen LogP contribution >= 0.6 is 11.3 Å². The lowest BCUT2D eigenvalue weighted by Crippen LogP contribution is -2.37. The van der Waals surface area contributed by atoms with Gasteiger partial charge in [-0.05, 0) is 48.9 Å². The molecule has 0 spiro atoms. The van der Waals surface area contributed by atoms with Crippen molar-refractivity contribution in [3.05, 3.63) is 63.5 Å². The maximum Gasteiger partial charge on any atom is 0.267 e. The zero-order valence-corrected chi connectivity index (χ0v) is 17.8. The molecule has 2 amide bonds. The summed E-state index contributed by atoms with van der Waals surface area (Å²) in [6, 6.07) is 11.2. The summed E-state index contributed by atoms with van der Waals surface area (Å²) in [5.74, 6) is -0.0663. The molecule has 2 aromatic rings. The van der Waals surface area contributed by atoms with Crippen LogP contribution in [0.3, 0.4) is 0 Å². The van der Waals surface area contributed by atoms with E-state index in [1.54, 1.807) is 12.1 Å². The molecular weight excluding hydrogens is 368 g/mol. The SMILES string of the molecule is CCCCC(CC)CNC(=O)/C(=C/c1cccs1)NC(=O)c1cccc(C)c1. The van der Waals surface area contributed by atoms with E-state index in [1.165, 1.54) is 11.3 Å². The van der Waals surface area contributed by atoms with E-state index in [2.05, 4.69) is 24.5 Å². The fourth-order valence-corrected chi connectivity index (χ4v) is 3.59. The molecule has 28 heavy (non-hydrogen) atoms. The lowest BCUT2D eigenvalue weighted by molar-refractivity contribution is -0.117. The highest BCUT2D eigenvalue weighted by Crippen LogP contribution is 2.15. The Bertz CT molecular complexity index is 797. The number of thiophene rings is 1. The minimum absolute atomic E-state index is 0.246. The van der Waals surface area contributed by atoms with Gasteiger partial charge in [0.2, 0.25) is 0 Å². The van der Waals surface area contributed by atoms with Crippen molar-refractivity contribution in [3.8, 4) is 0 Å². The number of hydrogen-bond donors (Lipinski definition) is 2. The van der Waals surface area contributed by atoms with E-state index in [4.69, 9.17) is 0 Å². The lowest BCUT2D eigenvalue weighted by atomic mass is 9.99. The standard InChI is InChI=1S/C23H30N2O2S/c1-4-6-10-18(5-2)16-24-23(27)21(15-20-12-8-13-28-20)25-22(26)19-11-7-9-17(3)14-19/h7-9,11-15,18H,4-6,10,16H2,1-3H3,(H,24,27)(H,25,26)/b21-15-. The first-order chi connectivity index (χ1) is 13.5. The van der Waals surface area contributed by atoms with Crippen molar-refractivity contribution >= 4 is 29.2 Å². The van der Waals surface area contributed by atoms with Crippen LogP contribution in [0, 0.1) is 12.8 Å². The summed E-state index contributed by atoms with van der Waals surface area (Å²) in [5, 5.41) is 7.75. The summed E-state index contributed by atoms with van der Waals surface area (Å²) in [6.07, 6.45) is 6.18. The molecule has 1 aromatic heterocycles. The summed E-state index contributed by atoms with van der Waals surface area (Å²) in [7, 11) is 0. The third-order valence-corrected chi connectivity index (χ3v) is 5.52. The van der Waals surface area contributed by atoms with E-state index in [0.29, 0.717) is 18.0 Å². The van der Waals surface area contributed by atoms with Crippen LogP contribution < -0.4 is 10.6 Å². The Balaban J connectivity index is 2.11. The average Bonchev–Trinajstić information content (AvgIpc) is 3.20. The van der Waals surface area contributed by atoms with Crippen LogP contribution in [0.25, 0.3) is 6.08 Å². The van der Waals surface area contributed by atoms with Crippen LogP contribution in [-0.2, 0) is 4.79 Å². The molecule has 0 saturated carbocycles. The molecule has 1 heterocycles. The first kappa shape index (κ1) is 21.9. The van der Waals surface area contributed by atoms with Gasteiger partial charge >= 0.3 is 0 Å². The molecule has 4 nitrogen and oxygen atoms in total. The minimum atomic E-state index is -0.278. The molecule has 0 bridgehead atoms. The number of hydrogen-bond acceptors (Lipinski definition) is 3. The first-order valence-electron chi connectivity index (χ1n) is 9.94. The van der Waals surface area contributed by atoms with Crippen molar-refractivity contribution in [1.82, 2.24) is 10.6 Å². The average molecular weight is 399 g/mol. The monoisotopic (exact) mass is 398 g/mol. The van der Waals surface area contributed by atoms with Crippen LogP contribution in [0.15, 0.2) is 47.5 Å². The van der Waals surface area contributed by atoms with Gasteiger partial charge in [-0.2, -0.15) is 0 Å². The maximum atomic E-state index is 12.8. The number of amides is 2. The van der Waals surface area contributed by atoms with Crippen molar-refractivity contribution in [3.63, 3.8) is 0 Å². The summed E-state index contributed by atoms with van der Waals surface area (Å²) in [5.41, 5.74) is 1.82. The number of carbonyl (C=O) groups is 2. The smallest absolute Gasteiger partial charge is 0.267 e. The first-order valence-corrected chi connectivity index (χ1v) is 10.8. The van der Waals surface area contributed by atoms with E-state index in [9.17, 15) is 9.59 Å². The van der Waals surface area contributed by atoms with Crippen LogP contribution in [0.1, 0.15) is 60.3 Å². The van der Waals surface area contributed by atoms with E-state index in [-0.39, 0.29) is 17.5 Å². The number of unbranched alkanes of at least 4 members (excludes halogenated alkanes) is 1. The second-order valence-corrected chi connectivity index (χ2v) is 8.00. The summed E-state index contributed by atoms with van der Waals surface area (Å²) in [4.78, 5) is 26.4. The van der Waals surface area contributed by atoms with Crippen molar-refractivity contribution in [1.29, 1.82) is 0 Å². The highest BCUT2D eigenvalue weighted by Gasteiger charge is 2.16. The number of benzene rings is 1. The Morgan fingerprint density at radius 1 is 1.18 bits per heavy atom. The van der Waals surface area contributed by atoms with Crippen LogP contribution in [-0.4, -0.2) is 18.4 Å². The second-order valence-electron chi connectivity index (χ2n) is 7.02. The van der Waals surface area contributed by atoms with Gasteiger partial charge < -0.3 is 10.6 Å². The molecule has 5 heteroatoms. The molecule has 0 radical (unpaired) electrons. The van der Waals surface area contributed by atoms with Gasteiger partial charge in [-0.25, -0.2) is 0 Å². The largest absolute Gasteiger partial charge is 0.350 e. The topological polar surface area (TPSA) is 58.2 Å². The van der Waals surface area contributed by atoms with Gasteiger partial charge in [-0.1, -0.05) is 56.9 Å². The van der Waals surface area contributed by atoms with Crippen molar-refractivity contribution in [2.45, 2.75) is 46.5 Å². The van der Waals surface area contributed by atoms with Crippen LogP contribution in [0.4, 0.5) is 0 Å². The maximum absolute atomic E-state index is 12.8.